The van der Waals surface area contributed by atoms with Gasteiger partial charge in [0.1, 0.15) is 0 Å². The number of aromatic nitrogens is 3. The van der Waals surface area contributed by atoms with Crippen molar-refractivity contribution in [1.29, 1.82) is 0 Å². The lowest BCUT2D eigenvalue weighted by atomic mass is 10.1. The van der Waals surface area contributed by atoms with Crippen molar-refractivity contribution in [2.75, 3.05) is 7.11 Å². The zero-order valence-electron chi connectivity index (χ0n) is 16.8. The summed E-state index contributed by atoms with van der Waals surface area (Å²) in [5.74, 6) is 0.661. The van der Waals surface area contributed by atoms with Gasteiger partial charge < -0.3 is 4.74 Å². The molecule has 0 fully saturated rings. The van der Waals surface area contributed by atoms with Crippen LogP contribution < -0.4 is 0 Å². The topological polar surface area (TPSA) is 57.0 Å². The van der Waals surface area contributed by atoms with Crippen LogP contribution in [-0.2, 0) is 10.5 Å². The van der Waals surface area contributed by atoms with Crippen LogP contribution in [-0.4, -0.2) is 27.8 Å². The molecule has 0 radical (unpaired) electrons. The number of ether oxygens (including phenoxy) is 1. The lowest BCUT2D eigenvalue weighted by Crippen LogP contribution is -2.05. The Morgan fingerprint density at radius 2 is 1.69 bits per heavy atom. The maximum Gasteiger partial charge on any atom is 0.338 e. The first-order valence-corrected chi connectivity index (χ1v) is 11.6. The monoisotopic (exact) mass is 503 g/mol. The van der Waals surface area contributed by atoms with Crippen molar-refractivity contribution in [3.8, 4) is 17.1 Å². The summed E-state index contributed by atoms with van der Waals surface area (Å²) in [6.45, 7) is 0. The van der Waals surface area contributed by atoms with Crippen LogP contribution in [0.3, 0.4) is 0 Å². The van der Waals surface area contributed by atoms with Gasteiger partial charge in [-0.25, -0.2) is 4.79 Å². The first-order valence-electron chi connectivity index (χ1n) is 9.44. The number of halogens is 3. The second-order valence-corrected chi connectivity index (χ2v) is 8.82. The molecule has 4 rings (SSSR count). The third-order valence-electron chi connectivity index (χ3n) is 4.69. The Kier molecular flexibility index (Phi) is 7.06. The van der Waals surface area contributed by atoms with Gasteiger partial charge in [-0.1, -0.05) is 76.9 Å². The van der Waals surface area contributed by atoms with Gasteiger partial charge >= 0.3 is 5.97 Å². The van der Waals surface area contributed by atoms with Crippen LogP contribution >= 0.6 is 46.6 Å². The fourth-order valence-corrected chi connectivity index (χ4v) is 4.60. The molecule has 0 aliphatic rings. The van der Waals surface area contributed by atoms with E-state index in [9.17, 15) is 4.79 Å². The van der Waals surface area contributed by atoms with Crippen molar-refractivity contribution in [2.45, 2.75) is 10.9 Å². The van der Waals surface area contributed by atoms with Crippen LogP contribution in [0.4, 0.5) is 0 Å². The normalized spacial score (nSPS) is 10.9. The van der Waals surface area contributed by atoms with E-state index in [2.05, 4.69) is 10.2 Å². The van der Waals surface area contributed by atoms with Crippen LogP contribution in [0.5, 0.6) is 0 Å². The molecular weight excluding hydrogens is 489 g/mol. The largest absolute Gasteiger partial charge is 0.465 e. The third kappa shape index (κ3) is 4.64. The molecule has 0 aliphatic heterocycles. The van der Waals surface area contributed by atoms with Crippen molar-refractivity contribution >= 4 is 52.5 Å². The first-order chi connectivity index (χ1) is 15.5. The summed E-state index contributed by atoms with van der Waals surface area (Å²) in [6, 6.07) is 20.0. The van der Waals surface area contributed by atoms with E-state index in [1.807, 2.05) is 41.0 Å². The minimum Gasteiger partial charge on any atom is -0.465 e. The van der Waals surface area contributed by atoms with Crippen molar-refractivity contribution in [1.82, 2.24) is 14.8 Å². The Bertz CT molecular complexity index is 1290. The number of benzene rings is 3. The van der Waals surface area contributed by atoms with Gasteiger partial charge in [-0.15, -0.1) is 10.2 Å². The van der Waals surface area contributed by atoms with Gasteiger partial charge in [0.25, 0.3) is 0 Å². The fraction of sp³-hybridized carbons (Fsp3) is 0.0870. The van der Waals surface area contributed by atoms with Crippen molar-refractivity contribution in [3.05, 3.63) is 92.9 Å². The number of thioether (sulfide) groups is 1. The van der Waals surface area contributed by atoms with Gasteiger partial charge in [0.05, 0.1) is 33.4 Å². The summed E-state index contributed by atoms with van der Waals surface area (Å²) in [7, 11) is 1.36. The molecule has 0 N–H and O–H groups in total. The molecule has 0 aliphatic carbocycles. The van der Waals surface area contributed by atoms with Crippen molar-refractivity contribution < 1.29 is 9.53 Å². The maximum atomic E-state index is 12.1. The second-order valence-electron chi connectivity index (χ2n) is 6.66. The molecule has 32 heavy (non-hydrogen) atoms. The third-order valence-corrected chi connectivity index (χ3v) is 6.74. The highest BCUT2D eigenvalue weighted by molar-refractivity contribution is 7.98. The Balaban J connectivity index is 1.77. The molecule has 5 nitrogen and oxygen atoms in total. The summed E-state index contributed by atoms with van der Waals surface area (Å²) in [5, 5.41) is 10.8. The molecule has 0 amide bonds. The van der Waals surface area contributed by atoms with Gasteiger partial charge in [-0.05, 0) is 42.0 Å². The van der Waals surface area contributed by atoms with Crippen molar-refractivity contribution in [3.63, 3.8) is 0 Å². The molecule has 0 atom stereocenters. The number of hydrogen-bond acceptors (Lipinski definition) is 5. The van der Waals surface area contributed by atoms with E-state index in [0.717, 1.165) is 16.8 Å². The molecule has 1 aromatic heterocycles. The quantitative estimate of drug-likeness (QED) is 0.209. The van der Waals surface area contributed by atoms with Crippen LogP contribution in [0.25, 0.3) is 17.1 Å². The van der Waals surface area contributed by atoms with E-state index in [-0.39, 0.29) is 5.97 Å². The molecule has 0 unspecified atom stereocenters. The smallest absolute Gasteiger partial charge is 0.338 e. The second kappa shape index (κ2) is 9.96. The summed E-state index contributed by atoms with van der Waals surface area (Å²) in [6.07, 6.45) is 0. The number of hydrogen-bond donors (Lipinski definition) is 0. The van der Waals surface area contributed by atoms with Crippen molar-refractivity contribution in [2.24, 2.45) is 0 Å². The van der Waals surface area contributed by atoms with Gasteiger partial charge in [0.15, 0.2) is 11.0 Å². The first kappa shape index (κ1) is 22.7. The standard InChI is InChI=1S/C23H16Cl3N3O2S/c1-31-22(30)16-7-3-2-6-14(16)13-32-23-28-27-21(17-8-4-5-9-18(17)24)29(23)15-10-11-19(25)20(26)12-15/h2-12H,13H2,1H3. The highest BCUT2D eigenvalue weighted by Crippen LogP contribution is 2.35. The average molecular weight is 505 g/mol. The van der Waals surface area contributed by atoms with Gasteiger partial charge in [0.2, 0.25) is 0 Å². The number of esters is 1. The number of carbonyl (C=O) groups excluding carboxylic acids is 1. The number of carbonyl (C=O) groups is 1. The molecule has 162 valence electrons. The Morgan fingerprint density at radius 3 is 2.44 bits per heavy atom. The molecule has 0 saturated heterocycles. The van der Waals surface area contributed by atoms with E-state index in [1.165, 1.54) is 18.9 Å². The summed E-state index contributed by atoms with van der Waals surface area (Å²) < 4.78 is 6.77. The van der Waals surface area contributed by atoms with Gasteiger partial charge in [0, 0.05) is 11.3 Å². The molecule has 0 spiro atoms. The van der Waals surface area contributed by atoms with Crippen LogP contribution in [0.1, 0.15) is 15.9 Å². The molecule has 0 bridgehead atoms. The average Bonchev–Trinajstić information content (AvgIpc) is 3.23. The lowest BCUT2D eigenvalue weighted by molar-refractivity contribution is 0.0600. The van der Waals surface area contributed by atoms with Gasteiger partial charge in [-0.3, -0.25) is 4.57 Å². The Labute approximate surface area is 204 Å². The summed E-state index contributed by atoms with van der Waals surface area (Å²) >= 11 is 20.3. The van der Waals surface area contributed by atoms with E-state index < -0.39 is 0 Å². The molecule has 3 aromatic carbocycles. The minimum atomic E-state index is -0.385. The van der Waals surface area contributed by atoms with Gasteiger partial charge in [-0.2, -0.15) is 0 Å². The SMILES string of the molecule is COC(=O)c1ccccc1CSc1nnc(-c2ccccc2Cl)n1-c1ccc(Cl)c(Cl)c1. The lowest BCUT2D eigenvalue weighted by Gasteiger charge is -2.13. The van der Waals surface area contributed by atoms with Crippen LogP contribution in [0, 0.1) is 0 Å². The zero-order valence-corrected chi connectivity index (χ0v) is 19.8. The Hall–Kier alpha value is -2.51. The molecular formula is C23H16Cl3N3O2S. The van der Waals surface area contributed by atoms with Crippen LogP contribution in [0.2, 0.25) is 15.1 Å². The number of rotatable bonds is 6. The van der Waals surface area contributed by atoms with E-state index in [1.54, 1.807) is 30.3 Å². The molecule has 0 saturated carbocycles. The predicted octanol–water partition coefficient (Wildman–Crippen LogP) is 6.97. The minimum absolute atomic E-state index is 0.385. The Morgan fingerprint density at radius 1 is 0.938 bits per heavy atom. The van der Waals surface area contributed by atoms with E-state index in [4.69, 9.17) is 39.5 Å². The predicted molar refractivity (Wildman–Crippen MR) is 129 cm³/mol. The highest BCUT2D eigenvalue weighted by Gasteiger charge is 2.20. The zero-order chi connectivity index (χ0) is 22.7. The molecule has 4 aromatic rings. The van der Waals surface area contributed by atoms with E-state index in [0.29, 0.717) is 37.4 Å². The molecule has 9 heteroatoms. The number of methoxy groups -OCH3 is 1. The summed E-state index contributed by atoms with van der Waals surface area (Å²) in [5.41, 5.74) is 2.80. The van der Waals surface area contributed by atoms with Crippen LogP contribution in [0.15, 0.2) is 71.9 Å². The number of nitrogens with zero attached hydrogens (tertiary/aromatic N) is 3. The van der Waals surface area contributed by atoms with E-state index >= 15 is 0 Å². The molecule has 1 heterocycles. The maximum absolute atomic E-state index is 12.1. The highest BCUT2D eigenvalue weighted by atomic mass is 35.5. The fourth-order valence-electron chi connectivity index (χ4n) is 3.13. The summed E-state index contributed by atoms with van der Waals surface area (Å²) in [4.78, 5) is 12.1.